The van der Waals surface area contributed by atoms with E-state index in [0.717, 1.165) is 5.56 Å². The molecule has 2 N–H and O–H groups in total. The van der Waals surface area contributed by atoms with Crippen LogP contribution in [0.2, 0.25) is 0 Å². The van der Waals surface area contributed by atoms with Gasteiger partial charge in [-0.3, -0.25) is 14.5 Å². The van der Waals surface area contributed by atoms with Crippen LogP contribution in [0.1, 0.15) is 11.6 Å². The molecule has 0 saturated carbocycles. The highest BCUT2D eigenvalue weighted by Gasteiger charge is 2.38. The molecule has 8 heteroatoms. The first-order chi connectivity index (χ1) is 12.2. The van der Waals surface area contributed by atoms with Crippen molar-refractivity contribution in [2.45, 2.75) is 12.2 Å². The third-order valence-corrected chi connectivity index (χ3v) is 3.55. The van der Waals surface area contributed by atoms with Crippen LogP contribution in [-0.4, -0.2) is 37.0 Å². The van der Waals surface area contributed by atoms with Crippen LogP contribution in [-0.2, 0) is 9.59 Å². The zero-order valence-electron chi connectivity index (χ0n) is 14.2. The monoisotopic (exact) mass is 365 g/mol. The van der Waals surface area contributed by atoms with Crippen LogP contribution >= 0.6 is 0 Å². The number of halogens is 3. The minimum absolute atomic E-state index is 0.0162. The predicted molar refractivity (Wildman–Crippen MR) is 92.6 cm³/mol. The van der Waals surface area contributed by atoms with Gasteiger partial charge in [0.05, 0.1) is 0 Å². The third kappa shape index (κ3) is 5.06. The van der Waals surface area contributed by atoms with E-state index in [1.807, 2.05) is 30.3 Å². The van der Waals surface area contributed by atoms with Gasteiger partial charge in [0.15, 0.2) is 0 Å². The van der Waals surface area contributed by atoms with E-state index in [1.165, 1.54) is 24.3 Å². The zero-order valence-corrected chi connectivity index (χ0v) is 14.2. The minimum atomic E-state index is -4.96. The number of anilines is 2. The van der Waals surface area contributed by atoms with Crippen molar-refractivity contribution >= 4 is 23.2 Å². The number of alkyl halides is 3. The molecule has 0 aliphatic rings. The van der Waals surface area contributed by atoms with Crippen molar-refractivity contribution in [3.8, 4) is 0 Å². The first-order valence-electron chi connectivity index (χ1n) is 7.69. The lowest BCUT2D eigenvalue weighted by Gasteiger charge is -2.23. The number of hydrogen-bond donors (Lipinski definition) is 2. The Balaban J connectivity index is 2.08. The summed E-state index contributed by atoms with van der Waals surface area (Å²) in [6.07, 6.45) is -4.96. The SMILES string of the molecule is CN(C)C(C(=O)Nc1ccc(NC(=O)C(F)(F)F)cc1)c1ccccc1. The molecule has 0 bridgehead atoms. The summed E-state index contributed by atoms with van der Waals surface area (Å²) >= 11 is 0. The lowest BCUT2D eigenvalue weighted by Crippen LogP contribution is -2.32. The maximum atomic E-state index is 12.6. The molecular weight excluding hydrogens is 347 g/mol. The number of nitrogens with zero attached hydrogens (tertiary/aromatic N) is 1. The lowest BCUT2D eigenvalue weighted by molar-refractivity contribution is -0.167. The summed E-state index contributed by atoms with van der Waals surface area (Å²) in [4.78, 5) is 25.2. The average molecular weight is 365 g/mol. The molecule has 2 aromatic rings. The van der Waals surface area contributed by atoms with Crippen LogP contribution in [0.4, 0.5) is 24.5 Å². The quantitative estimate of drug-likeness (QED) is 0.853. The van der Waals surface area contributed by atoms with Crippen LogP contribution in [0.15, 0.2) is 54.6 Å². The van der Waals surface area contributed by atoms with Crippen molar-refractivity contribution in [3.05, 3.63) is 60.2 Å². The highest BCUT2D eigenvalue weighted by molar-refractivity contribution is 5.97. The zero-order chi connectivity index (χ0) is 19.3. The van der Waals surface area contributed by atoms with E-state index < -0.39 is 18.1 Å². The molecule has 26 heavy (non-hydrogen) atoms. The maximum absolute atomic E-state index is 12.6. The molecule has 0 heterocycles. The van der Waals surface area contributed by atoms with Crippen molar-refractivity contribution in [2.24, 2.45) is 0 Å². The summed E-state index contributed by atoms with van der Waals surface area (Å²) < 4.78 is 36.7. The Hall–Kier alpha value is -2.87. The molecule has 0 spiro atoms. The summed E-state index contributed by atoms with van der Waals surface area (Å²) in [7, 11) is 3.54. The highest BCUT2D eigenvalue weighted by atomic mass is 19.4. The van der Waals surface area contributed by atoms with Crippen LogP contribution < -0.4 is 10.6 Å². The number of carbonyl (C=O) groups is 2. The van der Waals surface area contributed by atoms with Crippen LogP contribution in [0.5, 0.6) is 0 Å². The van der Waals surface area contributed by atoms with E-state index >= 15 is 0 Å². The smallest absolute Gasteiger partial charge is 0.324 e. The highest BCUT2D eigenvalue weighted by Crippen LogP contribution is 2.22. The van der Waals surface area contributed by atoms with E-state index in [2.05, 4.69) is 5.32 Å². The second-order valence-electron chi connectivity index (χ2n) is 5.80. The van der Waals surface area contributed by atoms with Crippen LogP contribution in [0, 0.1) is 0 Å². The average Bonchev–Trinajstić information content (AvgIpc) is 2.56. The summed E-state index contributed by atoms with van der Waals surface area (Å²) in [5, 5.41) is 4.46. The van der Waals surface area contributed by atoms with Gasteiger partial charge < -0.3 is 10.6 Å². The van der Waals surface area contributed by atoms with Crippen LogP contribution in [0.3, 0.4) is 0 Å². The first kappa shape index (κ1) is 19.5. The molecule has 0 aromatic heterocycles. The van der Waals surface area contributed by atoms with Crippen molar-refractivity contribution in [1.82, 2.24) is 4.90 Å². The number of likely N-dealkylation sites (N-methyl/N-ethyl adjacent to an activating group) is 1. The van der Waals surface area contributed by atoms with E-state index in [-0.39, 0.29) is 11.6 Å². The molecule has 0 saturated heterocycles. The van der Waals surface area contributed by atoms with Gasteiger partial charge in [-0.2, -0.15) is 13.2 Å². The fourth-order valence-electron chi connectivity index (χ4n) is 2.37. The third-order valence-electron chi connectivity index (χ3n) is 3.55. The Morgan fingerprint density at radius 1 is 0.885 bits per heavy atom. The minimum Gasteiger partial charge on any atom is -0.324 e. The van der Waals surface area contributed by atoms with Gasteiger partial charge in [-0.05, 0) is 43.9 Å². The van der Waals surface area contributed by atoms with E-state index in [4.69, 9.17) is 0 Å². The largest absolute Gasteiger partial charge is 0.471 e. The summed E-state index contributed by atoms with van der Waals surface area (Å²) in [5.41, 5.74) is 1.20. The van der Waals surface area contributed by atoms with Gasteiger partial charge in [-0.15, -0.1) is 0 Å². The standard InChI is InChI=1S/C18H18F3N3O2/c1-24(2)15(12-6-4-3-5-7-12)16(25)22-13-8-10-14(11-9-13)23-17(26)18(19,20)21/h3-11,15H,1-2H3,(H,22,25)(H,23,26). The Labute approximate surface area is 148 Å². The molecule has 5 nitrogen and oxygen atoms in total. The Kier molecular flexibility index (Phi) is 5.99. The number of rotatable bonds is 5. The van der Waals surface area contributed by atoms with Gasteiger partial charge in [0.1, 0.15) is 6.04 Å². The molecule has 0 radical (unpaired) electrons. The van der Waals surface area contributed by atoms with E-state index in [0.29, 0.717) is 5.69 Å². The fourth-order valence-corrected chi connectivity index (χ4v) is 2.37. The molecule has 2 aromatic carbocycles. The van der Waals surface area contributed by atoms with Crippen molar-refractivity contribution < 1.29 is 22.8 Å². The first-order valence-corrected chi connectivity index (χ1v) is 7.69. The predicted octanol–water partition coefficient (Wildman–Crippen LogP) is 3.43. The number of benzene rings is 2. The second-order valence-corrected chi connectivity index (χ2v) is 5.80. The molecule has 2 rings (SSSR count). The Bertz CT molecular complexity index is 760. The van der Waals surface area contributed by atoms with Gasteiger partial charge in [0.25, 0.3) is 0 Å². The van der Waals surface area contributed by atoms with Crippen molar-refractivity contribution in [3.63, 3.8) is 0 Å². The molecule has 0 aliphatic carbocycles. The fraction of sp³-hybridized carbons (Fsp3) is 0.222. The van der Waals surface area contributed by atoms with E-state index in [9.17, 15) is 22.8 Å². The Morgan fingerprint density at radius 2 is 1.38 bits per heavy atom. The summed E-state index contributed by atoms with van der Waals surface area (Å²) in [5.74, 6) is -2.33. The normalized spacial score (nSPS) is 12.5. The molecular formula is C18H18F3N3O2. The Morgan fingerprint density at radius 3 is 1.85 bits per heavy atom. The van der Waals surface area contributed by atoms with Gasteiger partial charge in [0, 0.05) is 11.4 Å². The number of hydrogen-bond acceptors (Lipinski definition) is 3. The molecule has 1 unspecified atom stereocenters. The maximum Gasteiger partial charge on any atom is 0.471 e. The summed E-state index contributed by atoms with van der Waals surface area (Å²) in [6.45, 7) is 0. The van der Waals surface area contributed by atoms with Crippen molar-refractivity contribution in [1.29, 1.82) is 0 Å². The lowest BCUT2D eigenvalue weighted by atomic mass is 10.1. The molecule has 0 aliphatic heterocycles. The van der Waals surface area contributed by atoms with Crippen molar-refractivity contribution in [2.75, 3.05) is 24.7 Å². The van der Waals surface area contributed by atoms with Gasteiger partial charge >= 0.3 is 12.1 Å². The number of nitrogens with one attached hydrogen (secondary N) is 2. The molecule has 1 atom stereocenters. The molecule has 0 fully saturated rings. The van der Waals surface area contributed by atoms with Crippen LogP contribution in [0.25, 0.3) is 0 Å². The van der Waals surface area contributed by atoms with Gasteiger partial charge in [-0.1, -0.05) is 30.3 Å². The molecule has 138 valence electrons. The van der Waals surface area contributed by atoms with Gasteiger partial charge in [-0.25, -0.2) is 0 Å². The van der Waals surface area contributed by atoms with E-state index in [1.54, 1.807) is 24.3 Å². The number of amides is 2. The second kappa shape index (κ2) is 8.01. The molecule has 2 amide bonds. The number of carbonyl (C=O) groups excluding carboxylic acids is 2. The summed E-state index contributed by atoms with van der Waals surface area (Å²) in [6, 6.07) is 14.1. The van der Waals surface area contributed by atoms with Gasteiger partial charge in [0.2, 0.25) is 5.91 Å². The topological polar surface area (TPSA) is 61.4 Å².